The van der Waals surface area contributed by atoms with Crippen molar-refractivity contribution in [1.29, 1.82) is 0 Å². The molecule has 0 aromatic heterocycles. The summed E-state index contributed by atoms with van der Waals surface area (Å²) in [6.45, 7) is 1.60. The molecule has 2 aliphatic rings. The molecule has 4 heteroatoms. The largest absolute Gasteiger partial charge is 0.490 e. The molecule has 98 valence electrons. The lowest BCUT2D eigenvalue weighted by Gasteiger charge is -2.36. The summed E-state index contributed by atoms with van der Waals surface area (Å²) in [5, 5.41) is 0. The van der Waals surface area contributed by atoms with Crippen molar-refractivity contribution in [2.24, 2.45) is 11.7 Å². The van der Waals surface area contributed by atoms with Crippen LogP contribution < -0.4 is 10.5 Å². The zero-order valence-corrected chi connectivity index (χ0v) is 10.3. The van der Waals surface area contributed by atoms with Crippen LogP contribution in [0.25, 0.3) is 0 Å². The van der Waals surface area contributed by atoms with Crippen LogP contribution in [0.15, 0.2) is 18.2 Å². The molecule has 2 N–H and O–H groups in total. The second-order valence-corrected chi connectivity index (χ2v) is 5.13. The Balaban J connectivity index is 1.80. The van der Waals surface area contributed by atoms with E-state index in [1.165, 1.54) is 12.1 Å². The SMILES string of the molecule is N[C@@H]1CC(C2CCOCC2)Oc2ccc(F)cc21. The van der Waals surface area contributed by atoms with E-state index in [1.807, 2.05) is 0 Å². The van der Waals surface area contributed by atoms with Crippen LogP contribution in [0.3, 0.4) is 0 Å². The third-order valence-corrected chi connectivity index (χ3v) is 3.93. The van der Waals surface area contributed by atoms with Gasteiger partial charge in [0.2, 0.25) is 0 Å². The Morgan fingerprint density at radius 3 is 2.78 bits per heavy atom. The van der Waals surface area contributed by atoms with Crippen LogP contribution in [0, 0.1) is 11.7 Å². The summed E-state index contributed by atoms with van der Waals surface area (Å²) in [5.74, 6) is 0.993. The Bertz CT molecular complexity index is 432. The molecule has 0 spiro atoms. The first-order valence-corrected chi connectivity index (χ1v) is 6.53. The fraction of sp³-hybridized carbons (Fsp3) is 0.571. The molecule has 0 aliphatic carbocycles. The third kappa shape index (κ3) is 2.22. The van der Waals surface area contributed by atoms with Crippen LogP contribution in [-0.4, -0.2) is 19.3 Å². The Morgan fingerprint density at radius 1 is 1.22 bits per heavy atom. The number of ether oxygens (including phenoxy) is 2. The molecule has 2 heterocycles. The van der Waals surface area contributed by atoms with Gasteiger partial charge in [-0.2, -0.15) is 0 Å². The van der Waals surface area contributed by atoms with Gasteiger partial charge in [0.1, 0.15) is 17.7 Å². The van der Waals surface area contributed by atoms with Crippen LogP contribution in [0.5, 0.6) is 5.75 Å². The van der Waals surface area contributed by atoms with Gasteiger partial charge >= 0.3 is 0 Å². The van der Waals surface area contributed by atoms with Crippen LogP contribution in [0.2, 0.25) is 0 Å². The monoisotopic (exact) mass is 251 g/mol. The number of hydrogen-bond acceptors (Lipinski definition) is 3. The van der Waals surface area contributed by atoms with Gasteiger partial charge in [-0.15, -0.1) is 0 Å². The van der Waals surface area contributed by atoms with Gasteiger partial charge in [-0.05, 0) is 31.0 Å². The van der Waals surface area contributed by atoms with Gasteiger partial charge in [-0.1, -0.05) is 0 Å². The van der Waals surface area contributed by atoms with Crippen molar-refractivity contribution in [2.75, 3.05) is 13.2 Å². The van der Waals surface area contributed by atoms with Gasteiger partial charge in [-0.25, -0.2) is 4.39 Å². The minimum atomic E-state index is -0.252. The number of fused-ring (bicyclic) bond motifs is 1. The van der Waals surface area contributed by atoms with E-state index in [1.54, 1.807) is 6.07 Å². The first-order chi connectivity index (χ1) is 8.74. The third-order valence-electron chi connectivity index (χ3n) is 3.93. The van der Waals surface area contributed by atoms with Crippen LogP contribution >= 0.6 is 0 Å². The Kier molecular flexibility index (Phi) is 3.22. The van der Waals surface area contributed by atoms with E-state index in [2.05, 4.69) is 0 Å². The minimum absolute atomic E-state index is 0.128. The second kappa shape index (κ2) is 4.86. The maximum absolute atomic E-state index is 13.2. The van der Waals surface area contributed by atoms with E-state index in [0.29, 0.717) is 5.92 Å². The van der Waals surface area contributed by atoms with E-state index >= 15 is 0 Å². The fourth-order valence-electron chi connectivity index (χ4n) is 2.88. The highest BCUT2D eigenvalue weighted by atomic mass is 19.1. The predicted molar refractivity (Wildman–Crippen MR) is 65.9 cm³/mol. The number of nitrogens with two attached hydrogens (primary N) is 1. The Hall–Kier alpha value is -1.13. The minimum Gasteiger partial charge on any atom is -0.490 e. The summed E-state index contributed by atoms with van der Waals surface area (Å²) in [7, 11) is 0. The van der Waals surface area contributed by atoms with Crippen LogP contribution in [0.1, 0.15) is 30.9 Å². The summed E-state index contributed by atoms with van der Waals surface area (Å²) < 4.78 is 24.6. The lowest BCUT2D eigenvalue weighted by Crippen LogP contribution is -2.37. The van der Waals surface area contributed by atoms with Crippen molar-refractivity contribution in [3.05, 3.63) is 29.6 Å². The quantitative estimate of drug-likeness (QED) is 0.833. The summed E-state index contributed by atoms with van der Waals surface area (Å²) in [4.78, 5) is 0. The normalized spacial score (nSPS) is 28.6. The zero-order chi connectivity index (χ0) is 12.5. The van der Waals surface area contributed by atoms with E-state index in [0.717, 1.165) is 43.8 Å². The van der Waals surface area contributed by atoms with Gasteiger partial charge in [-0.3, -0.25) is 0 Å². The molecular formula is C14H18FNO2. The standard InChI is InChI=1S/C14H18FNO2/c15-10-1-2-13-11(7-10)12(16)8-14(18-13)9-3-5-17-6-4-9/h1-2,7,9,12,14H,3-6,8,16H2/t12-,14?/m1/s1. The molecule has 0 saturated carbocycles. The second-order valence-electron chi connectivity index (χ2n) is 5.13. The maximum atomic E-state index is 13.2. The molecule has 3 rings (SSSR count). The van der Waals surface area contributed by atoms with Crippen molar-refractivity contribution >= 4 is 0 Å². The molecule has 1 saturated heterocycles. The van der Waals surface area contributed by atoms with Crippen LogP contribution in [-0.2, 0) is 4.74 Å². The molecule has 3 nitrogen and oxygen atoms in total. The smallest absolute Gasteiger partial charge is 0.124 e. The number of halogens is 1. The van der Waals surface area contributed by atoms with Crippen LogP contribution in [0.4, 0.5) is 4.39 Å². The van der Waals surface area contributed by atoms with E-state index in [9.17, 15) is 4.39 Å². The summed E-state index contributed by atoms with van der Waals surface area (Å²) in [5.41, 5.74) is 6.92. The molecule has 0 bridgehead atoms. The van der Waals surface area contributed by atoms with Gasteiger partial charge < -0.3 is 15.2 Å². The lowest BCUT2D eigenvalue weighted by atomic mass is 9.86. The van der Waals surface area contributed by atoms with E-state index in [-0.39, 0.29) is 18.0 Å². The fourth-order valence-corrected chi connectivity index (χ4v) is 2.88. The maximum Gasteiger partial charge on any atom is 0.124 e. The summed E-state index contributed by atoms with van der Waals surface area (Å²) in [6.07, 6.45) is 2.95. The van der Waals surface area contributed by atoms with E-state index in [4.69, 9.17) is 15.2 Å². The van der Waals surface area contributed by atoms with Crippen molar-refractivity contribution in [3.63, 3.8) is 0 Å². The van der Waals surface area contributed by atoms with Crippen molar-refractivity contribution < 1.29 is 13.9 Å². The highest BCUT2D eigenvalue weighted by Gasteiger charge is 2.32. The highest BCUT2D eigenvalue weighted by molar-refractivity contribution is 5.38. The molecule has 2 aliphatic heterocycles. The van der Waals surface area contributed by atoms with Gasteiger partial charge in [0.05, 0.1) is 0 Å². The van der Waals surface area contributed by atoms with Gasteiger partial charge in [0, 0.05) is 37.2 Å². The topological polar surface area (TPSA) is 44.5 Å². The lowest BCUT2D eigenvalue weighted by molar-refractivity contribution is 0.00724. The van der Waals surface area contributed by atoms with E-state index < -0.39 is 0 Å². The molecule has 0 amide bonds. The van der Waals surface area contributed by atoms with Gasteiger partial charge in [0.25, 0.3) is 0 Å². The molecule has 18 heavy (non-hydrogen) atoms. The average molecular weight is 251 g/mol. The molecule has 2 atom stereocenters. The Morgan fingerprint density at radius 2 is 2.00 bits per heavy atom. The molecular weight excluding hydrogens is 233 g/mol. The molecule has 1 unspecified atom stereocenters. The first kappa shape index (κ1) is 11.9. The number of hydrogen-bond donors (Lipinski definition) is 1. The molecule has 1 aromatic rings. The molecule has 1 aromatic carbocycles. The number of benzene rings is 1. The van der Waals surface area contributed by atoms with Crippen molar-refractivity contribution in [1.82, 2.24) is 0 Å². The number of rotatable bonds is 1. The van der Waals surface area contributed by atoms with Crippen molar-refractivity contribution in [2.45, 2.75) is 31.4 Å². The summed E-state index contributed by atoms with van der Waals surface area (Å²) in [6, 6.07) is 4.48. The average Bonchev–Trinajstić information content (AvgIpc) is 2.40. The highest BCUT2D eigenvalue weighted by Crippen LogP contribution is 2.38. The summed E-state index contributed by atoms with van der Waals surface area (Å²) >= 11 is 0. The molecule has 0 radical (unpaired) electrons. The van der Waals surface area contributed by atoms with Gasteiger partial charge in [0.15, 0.2) is 0 Å². The zero-order valence-electron chi connectivity index (χ0n) is 10.3. The Labute approximate surface area is 106 Å². The predicted octanol–water partition coefficient (Wildman–Crippen LogP) is 2.40. The first-order valence-electron chi connectivity index (χ1n) is 6.53. The van der Waals surface area contributed by atoms with Crippen molar-refractivity contribution in [3.8, 4) is 5.75 Å². The molecule has 1 fully saturated rings.